The van der Waals surface area contributed by atoms with Crippen LogP contribution in [0.3, 0.4) is 0 Å². The van der Waals surface area contributed by atoms with Crippen LogP contribution < -0.4 is 10.9 Å². The number of nitrogens with zero attached hydrogens (tertiary/aromatic N) is 2. The number of aromatic nitrogens is 4. The SMILES string of the molecule is Cc1nc2ccc(C(=O)NC3CC4(C3)CC(c3n[nH]c(=O)c5ccccc35)C4)cc2[nH]1. The molecule has 2 aliphatic rings. The summed E-state index contributed by atoms with van der Waals surface area (Å²) in [5, 5.41) is 11.9. The molecule has 2 aromatic heterocycles. The van der Waals surface area contributed by atoms with Crippen LogP contribution in [-0.2, 0) is 0 Å². The van der Waals surface area contributed by atoms with Gasteiger partial charge in [-0.1, -0.05) is 18.2 Å². The second-order valence-corrected chi connectivity index (χ2v) is 9.22. The van der Waals surface area contributed by atoms with E-state index in [1.165, 1.54) is 0 Å². The van der Waals surface area contributed by atoms with E-state index >= 15 is 0 Å². The van der Waals surface area contributed by atoms with E-state index in [0.717, 1.165) is 53.6 Å². The standard InChI is InChI=1S/C24H23N5O2/c1-13-25-19-7-6-14(8-20(19)26-13)22(30)27-16-11-24(12-16)9-15(10-24)21-17-4-2-3-5-18(17)23(31)29-28-21/h2-8,15-16H,9-12H2,1H3,(H,25,26)(H,27,30)(H,29,31). The molecule has 0 radical (unpaired) electrons. The molecule has 7 heteroatoms. The average Bonchev–Trinajstić information content (AvgIpc) is 3.09. The summed E-state index contributed by atoms with van der Waals surface area (Å²) in [6.07, 6.45) is 4.12. The number of H-pyrrole nitrogens is 2. The molecule has 2 aliphatic carbocycles. The Kier molecular flexibility index (Phi) is 3.84. The van der Waals surface area contributed by atoms with Gasteiger partial charge in [0.25, 0.3) is 11.5 Å². The van der Waals surface area contributed by atoms with Crippen molar-refractivity contribution in [2.24, 2.45) is 5.41 Å². The number of amides is 1. The molecule has 4 aromatic rings. The molecule has 6 rings (SSSR count). The summed E-state index contributed by atoms with van der Waals surface area (Å²) in [6, 6.07) is 13.5. The van der Waals surface area contributed by atoms with Crippen molar-refractivity contribution >= 4 is 27.7 Å². The van der Waals surface area contributed by atoms with Crippen LogP contribution in [0.4, 0.5) is 0 Å². The number of hydrogen-bond donors (Lipinski definition) is 3. The molecular formula is C24H23N5O2. The molecule has 1 spiro atoms. The number of nitrogens with one attached hydrogen (secondary N) is 3. The molecule has 2 heterocycles. The van der Waals surface area contributed by atoms with Gasteiger partial charge in [-0.3, -0.25) is 9.59 Å². The zero-order chi connectivity index (χ0) is 21.2. The van der Waals surface area contributed by atoms with Crippen LogP contribution in [0, 0.1) is 12.3 Å². The minimum Gasteiger partial charge on any atom is -0.349 e. The smallest absolute Gasteiger partial charge is 0.272 e. The van der Waals surface area contributed by atoms with Crippen molar-refractivity contribution in [3.8, 4) is 0 Å². The van der Waals surface area contributed by atoms with Gasteiger partial charge < -0.3 is 10.3 Å². The second kappa shape index (κ2) is 6.51. The number of aromatic amines is 2. The van der Waals surface area contributed by atoms with Crippen molar-refractivity contribution in [1.29, 1.82) is 0 Å². The highest BCUT2D eigenvalue weighted by Crippen LogP contribution is 2.62. The fourth-order valence-electron chi connectivity index (χ4n) is 5.59. The molecule has 7 nitrogen and oxygen atoms in total. The van der Waals surface area contributed by atoms with Crippen molar-refractivity contribution in [1.82, 2.24) is 25.5 Å². The number of rotatable bonds is 3. The number of carbonyl (C=O) groups is 1. The molecule has 0 unspecified atom stereocenters. The third kappa shape index (κ3) is 2.95. The van der Waals surface area contributed by atoms with Gasteiger partial charge in [-0.05, 0) is 62.3 Å². The molecule has 0 saturated heterocycles. The Morgan fingerprint density at radius 1 is 1.10 bits per heavy atom. The van der Waals surface area contributed by atoms with Crippen molar-refractivity contribution < 1.29 is 4.79 Å². The van der Waals surface area contributed by atoms with E-state index < -0.39 is 0 Å². The van der Waals surface area contributed by atoms with Crippen LogP contribution in [0.5, 0.6) is 0 Å². The second-order valence-electron chi connectivity index (χ2n) is 9.22. The Bertz CT molecular complexity index is 1390. The maximum atomic E-state index is 12.7. The first-order valence-corrected chi connectivity index (χ1v) is 10.7. The monoisotopic (exact) mass is 413 g/mol. The van der Waals surface area contributed by atoms with E-state index in [9.17, 15) is 9.59 Å². The van der Waals surface area contributed by atoms with Gasteiger partial charge >= 0.3 is 0 Å². The van der Waals surface area contributed by atoms with Gasteiger partial charge in [0.15, 0.2) is 0 Å². The summed E-state index contributed by atoms with van der Waals surface area (Å²) in [7, 11) is 0. The molecule has 2 aromatic carbocycles. The van der Waals surface area contributed by atoms with E-state index in [4.69, 9.17) is 0 Å². The summed E-state index contributed by atoms with van der Waals surface area (Å²) < 4.78 is 0. The van der Waals surface area contributed by atoms with E-state index in [2.05, 4.69) is 25.5 Å². The van der Waals surface area contributed by atoms with Crippen molar-refractivity contribution in [3.63, 3.8) is 0 Å². The van der Waals surface area contributed by atoms with E-state index in [0.29, 0.717) is 22.3 Å². The van der Waals surface area contributed by atoms with Crippen LogP contribution in [-0.4, -0.2) is 32.1 Å². The third-order valence-corrected chi connectivity index (χ3v) is 7.03. The third-order valence-electron chi connectivity index (χ3n) is 7.03. The summed E-state index contributed by atoms with van der Waals surface area (Å²) >= 11 is 0. The zero-order valence-electron chi connectivity index (χ0n) is 17.2. The van der Waals surface area contributed by atoms with Gasteiger partial charge in [0, 0.05) is 22.9 Å². The van der Waals surface area contributed by atoms with Gasteiger partial charge in [0.2, 0.25) is 0 Å². The Labute approximate surface area is 178 Å². The Hall–Kier alpha value is -3.48. The molecule has 2 fully saturated rings. The van der Waals surface area contributed by atoms with Crippen LogP contribution in [0.15, 0.2) is 47.3 Å². The Morgan fingerprint density at radius 2 is 1.87 bits per heavy atom. The lowest BCUT2D eigenvalue weighted by Crippen LogP contribution is -2.55. The maximum absolute atomic E-state index is 12.7. The van der Waals surface area contributed by atoms with Crippen molar-refractivity contribution in [2.75, 3.05) is 0 Å². The molecule has 2 saturated carbocycles. The lowest BCUT2D eigenvalue weighted by Gasteiger charge is -2.57. The first-order valence-electron chi connectivity index (χ1n) is 10.7. The molecule has 156 valence electrons. The summed E-state index contributed by atoms with van der Waals surface area (Å²) in [4.78, 5) is 32.3. The molecule has 3 N–H and O–H groups in total. The van der Waals surface area contributed by atoms with Crippen LogP contribution in [0.25, 0.3) is 21.8 Å². The fourth-order valence-corrected chi connectivity index (χ4v) is 5.59. The number of benzene rings is 2. The summed E-state index contributed by atoms with van der Waals surface area (Å²) in [5.74, 6) is 1.18. The van der Waals surface area contributed by atoms with Crippen LogP contribution in [0.2, 0.25) is 0 Å². The Morgan fingerprint density at radius 3 is 2.68 bits per heavy atom. The highest BCUT2D eigenvalue weighted by atomic mass is 16.1. The summed E-state index contributed by atoms with van der Waals surface area (Å²) in [6.45, 7) is 1.91. The lowest BCUT2D eigenvalue weighted by atomic mass is 9.49. The van der Waals surface area contributed by atoms with Crippen molar-refractivity contribution in [2.45, 2.75) is 44.6 Å². The van der Waals surface area contributed by atoms with E-state index in [1.807, 2.05) is 49.4 Å². The van der Waals surface area contributed by atoms with Crippen LogP contribution in [0.1, 0.15) is 53.5 Å². The lowest BCUT2D eigenvalue weighted by molar-refractivity contribution is -0.0196. The summed E-state index contributed by atoms with van der Waals surface area (Å²) in [5.41, 5.74) is 3.58. The number of imidazole rings is 1. The predicted octanol–water partition coefficient (Wildman–Crippen LogP) is 3.56. The number of carbonyl (C=O) groups excluding carboxylic acids is 1. The molecular weight excluding hydrogens is 390 g/mol. The minimum absolute atomic E-state index is 0.0295. The first-order chi connectivity index (χ1) is 15.0. The highest BCUT2D eigenvalue weighted by molar-refractivity contribution is 5.97. The van der Waals surface area contributed by atoms with Gasteiger partial charge in [-0.2, -0.15) is 5.10 Å². The molecule has 0 bridgehead atoms. The maximum Gasteiger partial charge on any atom is 0.272 e. The normalized spacial score (nSPS) is 24.8. The molecule has 0 atom stereocenters. The quantitative estimate of drug-likeness (QED) is 0.478. The van der Waals surface area contributed by atoms with Gasteiger partial charge in [-0.15, -0.1) is 0 Å². The number of fused-ring (bicyclic) bond motifs is 2. The van der Waals surface area contributed by atoms with E-state index in [-0.39, 0.29) is 17.5 Å². The topological polar surface area (TPSA) is 104 Å². The highest BCUT2D eigenvalue weighted by Gasteiger charge is 2.54. The zero-order valence-corrected chi connectivity index (χ0v) is 17.2. The van der Waals surface area contributed by atoms with Crippen LogP contribution >= 0.6 is 0 Å². The Balaban J connectivity index is 1.10. The van der Waals surface area contributed by atoms with Gasteiger partial charge in [0.1, 0.15) is 5.82 Å². The largest absolute Gasteiger partial charge is 0.349 e. The minimum atomic E-state index is -0.136. The average molecular weight is 413 g/mol. The number of hydrogen-bond acceptors (Lipinski definition) is 4. The fraction of sp³-hybridized carbons (Fsp3) is 0.333. The number of aryl methyl sites for hydroxylation is 1. The molecule has 0 aliphatic heterocycles. The predicted molar refractivity (Wildman–Crippen MR) is 118 cm³/mol. The van der Waals surface area contributed by atoms with Gasteiger partial charge in [0.05, 0.1) is 22.1 Å². The van der Waals surface area contributed by atoms with Gasteiger partial charge in [-0.25, -0.2) is 10.1 Å². The van der Waals surface area contributed by atoms with E-state index in [1.54, 1.807) is 0 Å². The van der Waals surface area contributed by atoms with Crippen molar-refractivity contribution in [3.05, 3.63) is 69.9 Å². The first kappa shape index (κ1) is 18.3. The molecule has 31 heavy (non-hydrogen) atoms. The molecule has 1 amide bonds.